The molecule has 0 fully saturated rings. The van der Waals surface area contributed by atoms with Crippen molar-refractivity contribution in [1.82, 2.24) is 9.13 Å². The van der Waals surface area contributed by atoms with Gasteiger partial charge in [0, 0.05) is 25.5 Å². The fourth-order valence-corrected chi connectivity index (χ4v) is 3.69. The molecule has 0 aliphatic heterocycles. The molecule has 4 rings (SSSR count). The number of para-hydroxylation sites is 4. The second-order valence-electron chi connectivity index (χ2n) is 7.56. The number of rotatable bonds is 6. The number of imidazole rings is 1. The van der Waals surface area contributed by atoms with E-state index in [1.165, 1.54) is 0 Å². The first-order chi connectivity index (χ1) is 15.5. The van der Waals surface area contributed by atoms with Gasteiger partial charge in [-0.2, -0.15) is 0 Å². The molecule has 162 valence electrons. The van der Waals surface area contributed by atoms with Gasteiger partial charge in [-0.3, -0.25) is 15.0 Å². The fourth-order valence-electron chi connectivity index (χ4n) is 3.69. The van der Waals surface area contributed by atoms with Gasteiger partial charge in [0.15, 0.2) is 0 Å². The molecule has 1 heterocycles. The maximum atomic E-state index is 13.0. The van der Waals surface area contributed by atoms with Gasteiger partial charge in [0.1, 0.15) is 13.1 Å². The van der Waals surface area contributed by atoms with E-state index in [2.05, 4.69) is 0 Å². The number of likely N-dealkylation sites (N-methyl/N-ethyl adjacent to an activating group) is 2. The van der Waals surface area contributed by atoms with Crippen LogP contribution < -0.4 is 15.4 Å². The van der Waals surface area contributed by atoms with E-state index in [1.807, 2.05) is 84.9 Å². The quantitative estimate of drug-likeness (QED) is 0.513. The van der Waals surface area contributed by atoms with Crippen LogP contribution in [0.3, 0.4) is 0 Å². The molecule has 0 bridgehead atoms. The Bertz CT molecular complexity index is 1210. The van der Waals surface area contributed by atoms with Crippen molar-refractivity contribution in [2.75, 3.05) is 23.9 Å². The van der Waals surface area contributed by atoms with E-state index in [0.29, 0.717) is 0 Å². The number of hydrogen-bond acceptors (Lipinski definition) is 3. The third-order valence-corrected chi connectivity index (χ3v) is 5.60. The van der Waals surface area contributed by atoms with Gasteiger partial charge < -0.3 is 18.9 Å². The van der Waals surface area contributed by atoms with Crippen LogP contribution in [0.4, 0.5) is 11.4 Å². The van der Waals surface area contributed by atoms with Gasteiger partial charge in [0.05, 0.1) is 11.0 Å². The molecule has 0 radical (unpaired) electrons. The molecular weight excluding hydrogens is 402 g/mol. The summed E-state index contributed by atoms with van der Waals surface area (Å²) < 4.78 is 3.29. The second-order valence-corrected chi connectivity index (χ2v) is 7.56. The van der Waals surface area contributed by atoms with Gasteiger partial charge in [0.25, 0.3) is 0 Å². The Hall–Kier alpha value is -4.13. The monoisotopic (exact) mass is 427 g/mol. The molecule has 0 saturated carbocycles. The summed E-state index contributed by atoms with van der Waals surface area (Å²) in [5, 5.41) is 8.74. The average molecular weight is 428 g/mol. The number of carbonyl (C=O) groups is 2. The van der Waals surface area contributed by atoms with E-state index in [9.17, 15) is 9.59 Å². The van der Waals surface area contributed by atoms with Crippen LogP contribution in [0.2, 0.25) is 0 Å². The van der Waals surface area contributed by atoms with Gasteiger partial charge in [-0.15, -0.1) is 0 Å². The first kappa shape index (κ1) is 21.1. The second kappa shape index (κ2) is 8.93. The average Bonchev–Trinajstić information content (AvgIpc) is 3.10. The number of nitrogens with one attached hydrogen (secondary N) is 1. The molecule has 4 aromatic rings. The summed E-state index contributed by atoms with van der Waals surface area (Å²) in [6, 6.07) is 26.2. The molecule has 0 aliphatic rings. The predicted molar refractivity (Wildman–Crippen MR) is 125 cm³/mol. The number of hydrogen-bond donors (Lipinski definition) is 1. The van der Waals surface area contributed by atoms with E-state index in [-0.39, 0.29) is 30.5 Å². The summed E-state index contributed by atoms with van der Waals surface area (Å²) in [6.07, 6.45) is 0. The largest absolute Gasteiger partial charge is 0.314 e. The number of aromatic nitrogens is 2. The van der Waals surface area contributed by atoms with Crippen molar-refractivity contribution in [1.29, 1.82) is 5.41 Å². The molecule has 0 saturated heterocycles. The van der Waals surface area contributed by atoms with Crippen molar-refractivity contribution >= 4 is 34.2 Å². The van der Waals surface area contributed by atoms with Crippen molar-refractivity contribution in [3.05, 3.63) is 90.5 Å². The Labute approximate surface area is 186 Å². The molecule has 1 N–H and O–H groups in total. The number of benzene rings is 3. The predicted octanol–water partition coefficient (Wildman–Crippen LogP) is 3.25. The molecule has 3 aromatic carbocycles. The fraction of sp³-hybridized carbons (Fsp3) is 0.160. The highest BCUT2D eigenvalue weighted by Crippen LogP contribution is 2.17. The Morgan fingerprint density at radius 3 is 1.38 bits per heavy atom. The molecule has 2 amide bonds. The highest BCUT2D eigenvalue weighted by molar-refractivity contribution is 5.95. The molecule has 0 spiro atoms. The standard InChI is InChI=1S/C25H25N5O2/c1-27(19-11-5-3-6-12-19)23(31)17-29-21-15-9-10-16-22(21)30(25(29)26)18-24(32)28(2)20-13-7-4-8-14-20/h3-16,26H,17-18H2,1-2H3. The first-order valence-corrected chi connectivity index (χ1v) is 10.3. The Morgan fingerprint density at radius 1 is 0.656 bits per heavy atom. The zero-order valence-electron chi connectivity index (χ0n) is 18.1. The van der Waals surface area contributed by atoms with Crippen LogP contribution in [0.25, 0.3) is 11.0 Å². The summed E-state index contributed by atoms with van der Waals surface area (Å²) in [7, 11) is 3.44. The normalized spacial score (nSPS) is 10.8. The van der Waals surface area contributed by atoms with Gasteiger partial charge in [-0.1, -0.05) is 48.5 Å². The van der Waals surface area contributed by atoms with Gasteiger partial charge >= 0.3 is 0 Å². The van der Waals surface area contributed by atoms with Gasteiger partial charge in [0.2, 0.25) is 17.4 Å². The van der Waals surface area contributed by atoms with Crippen LogP contribution >= 0.6 is 0 Å². The van der Waals surface area contributed by atoms with Crippen molar-refractivity contribution in [3.8, 4) is 0 Å². The smallest absolute Gasteiger partial charge is 0.246 e. The minimum atomic E-state index is -0.148. The van der Waals surface area contributed by atoms with Crippen LogP contribution in [0.15, 0.2) is 84.9 Å². The lowest BCUT2D eigenvalue weighted by Gasteiger charge is -2.18. The Kier molecular flexibility index (Phi) is 5.89. The number of fused-ring (bicyclic) bond motifs is 1. The van der Waals surface area contributed by atoms with Crippen LogP contribution in [0.5, 0.6) is 0 Å². The lowest BCUT2D eigenvalue weighted by Crippen LogP contribution is -2.37. The van der Waals surface area contributed by atoms with Crippen molar-refractivity contribution < 1.29 is 9.59 Å². The van der Waals surface area contributed by atoms with Crippen LogP contribution in [-0.4, -0.2) is 35.0 Å². The zero-order chi connectivity index (χ0) is 22.7. The highest BCUT2D eigenvalue weighted by Gasteiger charge is 2.19. The molecule has 0 aliphatic carbocycles. The molecule has 32 heavy (non-hydrogen) atoms. The summed E-state index contributed by atoms with van der Waals surface area (Å²) in [4.78, 5) is 29.1. The molecule has 7 heteroatoms. The molecule has 0 atom stereocenters. The summed E-state index contributed by atoms with van der Waals surface area (Å²) in [6.45, 7) is 0.000905. The van der Waals surface area contributed by atoms with E-state index in [1.54, 1.807) is 33.0 Å². The summed E-state index contributed by atoms with van der Waals surface area (Å²) in [5.41, 5.74) is 3.15. The van der Waals surface area contributed by atoms with Crippen LogP contribution in [0.1, 0.15) is 0 Å². The van der Waals surface area contributed by atoms with Crippen LogP contribution in [0, 0.1) is 5.41 Å². The zero-order valence-corrected chi connectivity index (χ0v) is 18.1. The van der Waals surface area contributed by atoms with Crippen molar-refractivity contribution in [2.45, 2.75) is 13.1 Å². The summed E-state index contributed by atoms with van der Waals surface area (Å²) in [5.74, 6) is -0.296. The van der Waals surface area contributed by atoms with Gasteiger partial charge in [-0.05, 0) is 36.4 Å². The van der Waals surface area contributed by atoms with E-state index >= 15 is 0 Å². The topological polar surface area (TPSA) is 74.3 Å². The molecule has 0 unspecified atom stereocenters. The van der Waals surface area contributed by atoms with E-state index in [4.69, 9.17) is 5.41 Å². The Morgan fingerprint density at radius 2 is 1.00 bits per heavy atom. The van der Waals surface area contributed by atoms with E-state index < -0.39 is 0 Å². The first-order valence-electron chi connectivity index (χ1n) is 10.3. The number of amides is 2. The van der Waals surface area contributed by atoms with E-state index in [0.717, 1.165) is 22.4 Å². The lowest BCUT2D eigenvalue weighted by molar-refractivity contribution is -0.119. The number of carbonyl (C=O) groups excluding carboxylic acids is 2. The van der Waals surface area contributed by atoms with Crippen molar-refractivity contribution in [2.24, 2.45) is 0 Å². The maximum Gasteiger partial charge on any atom is 0.246 e. The van der Waals surface area contributed by atoms with Gasteiger partial charge in [-0.25, -0.2) is 0 Å². The minimum absolute atomic E-state index is 0.000452. The SMILES string of the molecule is CN(C(=O)Cn1c(=N)n(CC(=O)N(C)c2ccccc2)c2ccccc21)c1ccccc1. The number of anilines is 2. The van der Waals surface area contributed by atoms with Crippen LogP contribution in [-0.2, 0) is 22.7 Å². The minimum Gasteiger partial charge on any atom is -0.314 e. The molecule has 7 nitrogen and oxygen atoms in total. The lowest BCUT2D eigenvalue weighted by atomic mass is 10.3. The summed E-state index contributed by atoms with van der Waals surface area (Å²) >= 11 is 0. The third kappa shape index (κ3) is 4.05. The number of nitrogens with zero attached hydrogens (tertiary/aromatic N) is 4. The van der Waals surface area contributed by atoms with Crippen molar-refractivity contribution in [3.63, 3.8) is 0 Å². The maximum absolute atomic E-state index is 13.0. The third-order valence-electron chi connectivity index (χ3n) is 5.60. The Balaban J connectivity index is 1.64. The molecular formula is C25H25N5O2. The molecule has 1 aromatic heterocycles. The highest BCUT2D eigenvalue weighted by atomic mass is 16.2.